The third kappa shape index (κ3) is 2.77. The quantitative estimate of drug-likeness (QED) is 0.632. The van der Waals surface area contributed by atoms with Crippen LogP contribution in [0.3, 0.4) is 0 Å². The van der Waals surface area contributed by atoms with Crippen LogP contribution in [-0.2, 0) is 0 Å². The van der Waals surface area contributed by atoms with Gasteiger partial charge in [0.2, 0.25) is 0 Å². The van der Waals surface area contributed by atoms with E-state index in [0.29, 0.717) is 10.1 Å². The summed E-state index contributed by atoms with van der Waals surface area (Å²) in [6.07, 6.45) is 5.29. The van der Waals surface area contributed by atoms with E-state index in [1.54, 1.807) is 18.6 Å². The van der Waals surface area contributed by atoms with Gasteiger partial charge in [-0.1, -0.05) is 12.2 Å². The zero-order valence-corrected chi connectivity index (χ0v) is 10.0. The van der Waals surface area contributed by atoms with Crippen molar-refractivity contribution in [3.05, 3.63) is 42.9 Å². The number of hydrogen-bond donors (Lipinski definition) is 2. The molecular weight excluding hydrogens is 238 g/mol. The molecule has 0 aliphatic rings. The van der Waals surface area contributed by atoms with E-state index >= 15 is 0 Å². The van der Waals surface area contributed by atoms with E-state index < -0.39 is 0 Å². The summed E-state index contributed by atoms with van der Waals surface area (Å²) in [5, 5.41) is 2.86. The fraction of sp³-hybridized carbons (Fsp3) is 0. The van der Waals surface area contributed by atoms with Crippen molar-refractivity contribution >= 4 is 35.0 Å². The largest absolute Gasteiger partial charge is 0.326 e. The van der Waals surface area contributed by atoms with Crippen LogP contribution in [0.4, 0.5) is 5.82 Å². The van der Waals surface area contributed by atoms with Gasteiger partial charge in [0, 0.05) is 24.2 Å². The Labute approximate surface area is 104 Å². The lowest BCUT2D eigenvalue weighted by atomic mass is 10.1. The van der Waals surface area contributed by atoms with E-state index in [1.807, 2.05) is 24.3 Å². The summed E-state index contributed by atoms with van der Waals surface area (Å²) in [6, 6.07) is 7.70. The topological polar surface area (TPSA) is 37.8 Å². The normalized spacial score (nSPS) is 9.81. The molecule has 0 unspecified atom stereocenters. The molecule has 0 amide bonds. The van der Waals surface area contributed by atoms with Crippen LogP contribution in [-0.4, -0.2) is 14.3 Å². The fourth-order valence-corrected chi connectivity index (χ4v) is 1.51. The number of aromatic nitrogens is 2. The van der Waals surface area contributed by atoms with Crippen molar-refractivity contribution < 1.29 is 0 Å². The molecule has 2 heterocycles. The van der Waals surface area contributed by atoms with Gasteiger partial charge in [0.25, 0.3) is 0 Å². The number of thiol groups is 1. The van der Waals surface area contributed by atoms with E-state index in [4.69, 9.17) is 12.2 Å². The van der Waals surface area contributed by atoms with Crippen LogP contribution in [0.2, 0.25) is 0 Å². The summed E-state index contributed by atoms with van der Waals surface area (Å²) in [5.41, 5.74) is 2.13. The van der Waals surface area contributed by atoms with Gasteiger partial charge in [-0.25, -0.2) is 4.98 Å². The first-order valence-electron chi connectivity index (χ1n) is 4.62. The van der Waals surface area contributed by atoms with Gasteiger partial charge in [-0.15, -0.1) is 12.6 Å². The SMILES string of the molecule is S=C(S)Nc1ccc(-c2ccncc2)cn1. The minimum absolute atomic E-state index is 0.407. The average Bonchev–Trinajstić information content (AvgIpc) is 2.30. The van der Waals surface area contributed by atoms with Gasteiger partial charge in [0.05, 0.1) is 0 Å². The highest BCUT2D eigenvalue weighted by Gasteiger charge is 1.98. The van der Waals surface area contributed by atoms with Crippen LogP contribution in [0.5, 0.6) is 0 Å². The molecule has 80 valence electrons. The van der Waals surface area contributed by atoms with E-state index in [-0.39, 0.29) is 0 Å². The molecule has 0 fully saturated rings. The fourth-order valence-electron chi connectivity index (χ4n) is 1.29. The third-order valence-electron chi connectivity index (χ3n) is 2.01. The molecule has 0 saturated carbocycles. The minimum Gasteiger partial charge on any atom is -0.326 e. The van der Waals surface area contributed by atoms with Crippen molar-refractivity contribution in [2.45, 2.75) is 0 Å². The molecule has 5 heteroatoms. The lowest BCUT2D eigenvalue weighted by Crippen LogP contribution is -2.02. The van der Waals surface area contributed by atoms with Crippen LogP contribution in [0.15, 0.2) is 42.9 Å². The van der Waals surface area contributed by atoms with E-state index in [9.17, 15) is 0 Å². The number of anilines is 1. The molecule has 2 aromatic rings. The maximum absolute atomic E-state index is 4.81. The summed E-state index contributed by atoms with van der Waals surface area (Å²) in [4.78, 5) is 8.20. The standard InChI is InChI=1S/C11H9N3S2/c15-11(16)14-10-2-1-9(7-13-10)8-3-5-12-6-4-8/h1-7H,(H2,13,14,15,16). The van der Waals surface area contributed by atoms with Crippen LogP contribution >= 0.6 is 24.8 Å². The number of nitrogens with one attached hydrogen (secondary N) is 1. The van der Waals surface area contributed by atoms with Gasteiger partial charge in [-0.3, -0.25) is 4.98 Å². The van der Waals surface area contributed by atoms with E-state index in [0.717, 1.165) is 11.1 Å². The Morgan fingerprint density at radius 2 is 1.88 bits per heavy atom. The first kappa shape index (κ1) is 11.0. The maximum Gasteiger partial charge on any atom is 0.136 e. The molecule has 0 bridgehead atoms. The smallest absolute Gasteiger partial charge is 0.136 e. The lowest BCUT2D eigenvalue weighted by molar-refractivity contribution is 1.30. The number of pyridine rings is 2. The van der Waals surface area contributed by atoms with Gasteiger partial charge in [0.1, 0.15) is 10.1 Å². The highest BCUT2D eigenvalue weighted by molar-refractivity contribution is 8.11. The predicted molar refractivity (Wildman–Crippen MR) is 72.7 cm³/mol. The zero-order chi connectivity index (χ0) is 11.4. The Bertz CT molecular complexity index is 482. The molecule has 2 rings (SSSR count). The summed E-state index contributed by atoms with van der Waals surface area (Å²) in [6.45, 7) is 0. The molecule has 16 heavy (non-hydrogen) atoms. The second-order valence-electron chi connectivity index (χ2n) is 3.10. The molecule has 0 aliphatic heterocycles. The molecule has 3 nitrogen and oxygen atoms in total. The number of rotatable bonds is 2. The molecule has 0 aromatic carbocycles. The van der Waals surface area contributed by atoms with Crippen LogP contribution in [0.25, 0.3) is 11.1 Å². The van der Waals surface area contributed by atoms with Crippen molar-refractivity contribution in [1.29, 1.82) is 0 Å². The second-order valence-corrected chi connectivity index (χ2v) is 4.26. The Balaban J connectivity index is 2.23. The first-order chi connectivity index (χ1) is 7.75. The maximum atomic E-state index is 4.81. The predicted octanol–water partition coefficient (Wildman–Crippen LogP) is 2.77. The Morgan fingerprint density at radius 3 is 2.44 bits per heavy atom. The number of thiocarbonyl (C=S) groups is 1. The van der Waals surface area contributed by atoms with Gasteiger partial charge < -0.3 is 5.32 Å². The Hall–Kier alpha value is -1.46. The third-order valence-corrected chi connectivity index (χ3v) is 2.23. The molecule has 0 radical (unpaired) electrons. The highest BCUT2D eigenvalue weighted by Crippen LogP contribution is 2.18. The summed E-state index contributed by atoms with van der Waals surface area (Å²) in [5.74, 6) is 0.692. The number of hydrogen-bond acceptors (Lipinski definition) is 3. The molecule has 0 spiro atoms. The Morgan fingerprint density at radius 1 is 1.12 bits per heavy atom. The van der Waals surface area contributed by atoms with E-state index in [2.05, 4.69) is 27.9 Å². The molecule has 2 aromatic heterocycles. The minimum atomic E-state index is 0.407. The lowest BCUT2D eigenvalue weighted by Gasteiger charge is -2.04. The van der Waals surface area contributed by atoms with Crippen LogP contribution in [0, 0.1) is 0 Å². The van der Waals surface area contributed by atoms with Gasteiger partial charge in [0.15, 0.2) is 0 Å². The van der Waals surface area contributed by atoms with Crippen LogP contribution < -0.4 is 5.32 Å². The summed E-state index contributed by atoms with van der Waals surface area (Å²) < 4.78 is 0.407. The van der Waals surface area contributed by atoms with Crippen molar-refractivity contribution in [2.24, 2.45) is 0 Å². The monoisotopic (exact) mass is 247 g/mol. The van der Waals surface area contributed by atoms with Gasteiger partial charge >= 0.3 is 0 Å². The van der Waals surface area contributed by atoms with Crippen molar-refractivity contribution in [1.82, 2.24) is 9.97 Å². The van der Waals surface area contributed by atoms with E-state index in [1.165, 1.54) is 0 Å². The average molecular weight is 247 g/mol. The van der Waals surface area contributed by atoms with Gasteiger partial charge in [-0.05, 0) is 29.8 Å². The summed E-state index contributed by atoms with van der Waals surface area (Å²) >= 11 is 8.79. The van der Waals surface area contributed by atoms with Gasteiger partial charge in [-0.2, -0.15) is 0 Å². The van der Waals surface area contributed by atoms with Crippen molar-refractivity contribution in [3.63, 3.8) is 0 Å². The first-order valence-corrected chi connectivity index (χ1v) is 5.47. The van der Waals surface area contributed by atoms with Crippen molar-refractivity contribution in [3.8, 4) is 11.1 Å². The molecule has 0 saturated heterocycles. The molecule has 0 aliphatic carbocycles. The Kier molecular flexibility index (Phi) is 3.48. The highest BCUT2D eigenvalue weighted by atomic mass is 32.1. The number of nitrogens with zero attached hydrogens (tertiary/aromatic N) is 2. The van der Waals surface area contributed by atoms with Crippen molar-refractivity contribution in [2.75, 3.05) is 5.32 Å². The zero-order valence-electron chi connectivity index (χ0n) is 8.29. The molecule has 1 N–H and O–H groups in total. The summed E-state index contributed by atoms with van der Waals surface area (Å²) in [7, 11) is 0. The molecule has 0 atom stereocenters. The second kappa shape index (κ2) is 5.05. The molecular formula is C11H9N3S2. The van der Waals surface area contributed by atoms with Crippen LogP contribution in [0.1, 0.15) is 0 Å².